The monoisotopic (exact) mass is 333 g/mol. The summed E-state index contributed by atoms with van der Waals surface area (Å²) in [6.45, 7) is 4.56. The van der Waals surface area contributed by atoms with E-state index < -0.39 is 12.1 Å². The number of ether oxygens (including phenoxy) is 1. The Morgan fingerprint density at radius 1 is 1.42 bits per heavy atom. The van der Waals surface area contributed by atoms with Crippen LogP contribution >= 0.6 is 0 Å². The Kier molecular flexibility index (Phi) is 4.43. The highest BCUT2D eigenvalue weighted by molar-refractivity contribution is 5.79. The number of carboxylic acid groups (broad SMARTS) is 1. The van der Waals surface area contributed by atoms with Crippen LogP contribution < -0.4 is 0 Å². The summed E-state index contributed by atoms with van der Waals surface area (Å²) in [6.07, 6.45) is 1.31. The van der Waals surface area contributed by atoms with E-state index >= 15 is 0 Å². The lowest BCUT2D eigenvalue weighted by atomic mass is 10.1. The lowest BCUT2D eigenvalue weighted by Crippen LogP contribution is -2.48. The maximum atomic E-state index is 12.4. The van der Waals surface area contributed by atoms with Crippen LogP contribution in [0.1, 0.15) is 23.4 Å². The smallest absolute Gasteiger partial charge is 0.334 e. The first kappa shape index (κ1) is 16.3. The van der Waals surface area contributed by atoms with E-state index in [9.17, 15) is 9.59 Å². The number of carboxylic acids is 1. The molecule has 0 spiro atoms. The van der Waals surface area contributed by atoms with Crippen LogP contribution in [0, 0.1) is 13.8 Å². The van der Waals surface area contributed by atoms with Gasteiger partial charge in [-0.15, -0.1) is 0 Å². The van der Waals surface area contributed by atoms with E-state index in [-0.39, 0.29) is 25.5 Å². The molecule has 1 amide bonds. The zero-order valence-corrected chi connectivity index (χ0v) is 13.6. The Bertz CT molecular complexity index is 788. The molecule has 24 heavy (non-hydrogen) atoms. The highest BCUT2D eigenvalue weighted by Crippen LogP contribution is 2.16. The molecule has 0 bridgehead atoms. The van der Waals surface area contributed by atoms with Crippen molar-refractivity contribution in [3.8, 4) is 0 Å². The van der Waals surface area contributed by atoms with Crippen molar-refractivity contribution in [2.24, 2.45) is 0 Å². The van der Waals surface area contributed by atoms with Crippen molar-refractivity contribution in [1.29, 1.82) is 0 Å². The molecule has 1 saturated heterocycles. The first-order valence-corrected chi connectivity index (χ1v) is 7.75. The Morgan fingerprint density at radius 2 is 2.21 bits per heavy atom. The van der Waals surface area contributed by atoms with Gasteiger partial charge in [0, 0.05) is 24.4 Å². The summed E-state index contributed by atoms with van der Waals surface area (Å²) in [4.78, 5) is 33.4. The van der Waals surface area contributed by atoms with Crippen LogP contribution in [0.5, 0.6) is 0 Å². The normalized spacial score (nSPS) is 18.1. The zero-order chi connectivity index (χ0) is 17.3. The second-order valence-electron chi connectivity index (χ2n) is 5.77. The molecule has 2 aromatic heterocycles. The molecular weight excluding hydrogens is 314 g/mol. The molecule has 128 valence electrons. The summed E-state index contributed by atoms with van der Waals surface area (Å²) in [7, 11) is 0. The van der Waals surface area contributed by atoms with E-state index in [4.69, 9.17) is 9.84 Å². The van der Waals surface area contributed by atoms with Gasteiger partial charge in [-0.2, -0.15) is 10.1 Å². The van der Waals surface area contributed by atoms with Crippen molar-refractivity contribution in [2.75, 3.05) is 19.7 Å². The van der Waals surface area contributed by atoms with Gasteiger partial charge in [0.2, 0.25) is 5.91 Å². The van der Waals surface area contributed by atoms with E-state index in [1.807, 2.05) is 13.8 Å². The molecule has 1 atom stereocenters. The number of aryl methyl sites for hydroxylation is 2. The van der Waals surface area contributed by atoms with Crippen molar-refractivity contribution in [1.82, 2.24) is 24.5 Å². The zero-order valence-electron chi connectivity index (χ0n) is 13.6. The van der Waals surface area contributed by atoms with E-state index in [2.05, 4.69) is 15.1 Å². The third-order valence-corrected chi connectivity index (χ3v) is 4.27. The average molecular weight is 333 g/mol. The van der Waals surface area contributed by atoms with Gasteiger partial charge in [-0.25, -0.2) is 14.3 Å². The summed E-state index contributed by atoms with van der Waals surface area (Å²) >= 11 is 0. The molecule has 1 N–H and O–H groups in total. The SMILES string of the molecule is Cc1nc2ncnn2c(C)c1CCC(=O)N1CCOC(C(=O)O)C1. The fraction of sp³-hybridized carbons (Fsp3) is 0.533. The molecule has 3 rings (SSSR count). The molecule has 0 radical (unpaired) electrons. The van der Waals surface area contributed by atoms with Crippen LogP contribution in [-0.4, -0.2) is 67.3 Å². The maximum Gasteiger partial charge on any atom is 0.334 e. The van der Waals surface area contributed by atoms with Crippen molar-refractivity contribution < 1.29 is 19.4 Å². The highest BCUT2D eigenvalue weighted by Gasteiger charge is 2.28. The van der Waals surface area contributed by atoms with Gasteiger partial charge < -0.3 is 14.7 Å². The predicted molar refractivity (Wildman–Crippen MR) is 82.5 cm³/mol. The Hall–Kier alpha value is -2.55. The lowest BCUT2D eigenvalue weighted by Gasteiger charge is -2.31. The molecule has 3 heterocycles. The minimum atomic E-state index is -1.04. The fourth-order valence-electron chi connectivity index (χ4n) is 2.93. The summed E-state index contributed by atoms with van der Waals surface area (Å²) in [5.74, 6) is -0.584. The Labute approximate surface area is 138 Å². The first-order chi connectivity index (χ1) is 11.5. The van der Waals surface area contributed by atoms with Crippen molar-refractivity contribution >= 4 is 17.7 Å². The van der Waals surface area contributed by atoms with Crippen molar-refractivity contribution in [3.05, 3.63) is 23.3 Å². The number of fused-ring (bicyclic) bond motifs is 1. The minimum Gasteiger partial charge on any atom is -0.479 e. The van der Waals surface area contributed by atoms with Gasteiger partial charge in [0.25, 0.3) is 5.78 Å². The molecule has 0 aromatic carbocycles. The van der Waals surface area contributed by atoms with Crippen molar-refractivity contribution in [3.63, 3.8) is 0 Å². The molecule has 1 unspecified atom stereocenters. The molecule has 9 heteroatoms. The topological polar surface area (TPSA) is 110 Å². The summed E-state index contributed by atoms with van der Waals surface area (Å²) in [5, 5.41) is 13.1. The highest BCUT2D eigenvalue weighted by atomic mass is 16.5. The second-order valence-corrected chi connectivity index (χ2v) is 5.77. The predicted octanol–water partition coefficient (Wildman–Crippen LogP) is -0.0143. The largest absolute Gasteiger partial charge is 0.479 e. The number of aliphatic carboxylic acids is 1. The van der Waals surface area contributed by atoms with Crippen LogP contribution in [0.25, 0.3) is 5.78 Å². The van der Waals surface area contributed by atoms with Crippen LogP contribution in [0.4, 0.5) is 0 Å². The number of amides is 1. The van der Waals surface area contributed by atoms with Gasteiger partial charge in [-0.05, 0) is 25.8 Å². The number of carbonyl (C=O) groups is 2. The van der Waals surface area contributed by atoms with Gasteiger partial charge in [-0.3, -0.25) is 4.79 Å². The number of carbonyl (C=O) groups excluding carboxylic acids is 1. The van der Waals surface area contributed by atoms with E-state index in [1.165, 1.54) is 6.33 Å². The molecule has 1 aliphatic heterocycles. The van der Waals surface area contributed by atoms with E-state index in [0.29, 0.717) is 18.7 Å². The number of aromatic nitrogens is 4. The lowest BCUT2D eigenvalue weighted by molar-refractivity contribution is -0.159. The van der Waals surface area contributed by atoms with Gasteiger partial charge in [0.15, 0.2) is 6.10 Å². The minimum absolute atomic E-state index is 0.0814. The molecule has 2 aromatic rings. The number of morpholine rings is 1. The molecule has 1 fully saturated rings. The first-order valence-electron chi connectivity index (χ1n) is 7.75. The molecule has 1 aliphatic rings. The van der Waals surface area contributed by atoms with Crippen LogP contribution in [0.3, 0.4) is 0 Å². The molecular formula is C15H19N5O4. The van der Waals surface area contributed by atoms with Gasteiger partial charge >= 0.3 is 5.97 Å². The average Bonchev–Trinajstić information content (AvgIpc) is 3.03. The quantitative estimate of drug-likeness (QED) is 0.837. The third-order valence-electron chi connectivity index (χ3n) is 4.27. The number of hydrogen-bond donors (Lipinski definition) is 1. The molecule has 0 aliphatic carbocycles. The summed E-state index contributed by atoms with van der Waals surface area (Å²) < 4.78 is 6.79. The standard InChI is InChI=1S/C15H19N5O4/c1-9-11(10(2)20-15(18-9)16-8-17-20)3-4-13(21)19-5-6-24-12(7-19)14(22)23/h8,12H,3-7H2,1-2H3,(H,22,23). The van der Waals surface area contributed by atoms with Crippen LogP contribution in [0.2, 0.25) is 0 Å². The Balaban J connectivity index is 1.69. The van der Waals surface area contributed by atoms with E-state index in [1.54, 1.807) is 9.42 Å². The number of hydrogen-bond acceptors (Lipinski definition) is 6. The fourth-order valence-corrected chi connectivity index (χ4v) is 2.93. The van der Waals surface area contributed by atoms with Gasteiger partial charge in [0.1, 0.15) is 6.33 Å². The van der Waals surface area contributed by atoms with Crippen LogP contribution in [0.15, 0.2) is 6.33 Å². The van der Waals surface area contributed by atoms with E-state index in [0.717, 1.165) is 17.0 Å². The van der Waals surface area contributed by atoms with Gasteiger partial charge in [-0.1, -0.05) is 0 Å². The molecule has 9 nitrogen and oxygen atoms in total. The number of rotatable bonds is 4. The van der Waals surface area contributed by atoms with Crippen LogP contribution in [-0.2, 0) is 20.7 Å². The maximum absolute atomic E-state index is 12.4. The van der Waals surface area contributed by atoms with Gasteiger partial charge in [0.05, 0.1) is 13.2 Å². The molecule has 0 saturated carbocycles. The number of nitrogens with zero attached hydrogens (tertiary/aromatic N) is 5. The third kappa shape index (κ3) is 3.07. The van der Waals surface area contributed by atoms with Crippen molar-refractivity contribution in [2.45, 2.75) is 32.8 Å². The summed E-state index contributed by atoms with van der Waals surface area (Å²) in [5.41, 5.74) is 2.70. The Morgan fingerprint density at radius 3 is 2.96 bits per heavy atom. The summed E-state index contributed by atoms with van der Waals surface area (Å²) in [6, 6.07) is 0. The second kappa shape index (κ2) is 6.52.